The van der Waals surface area contributed by atoms with E-state index in [9.17, 15) is 9.59 Å². The summed E-state index contributed by atoms with van der Waals surface area (Å²) in [5.74, 6) is 0.0859. The molecule has 1 heterocycles. The van der Waals surface area contributed by atoms with Crippen LogP contribution in [0.5, 0.6) is 5.75 Å². The van der Waals surface area contributed by atoms with Gasteiger partial charge in [-0.3, -0.25) is 14.5 Å². The molecule has 29 heavy (non-hydrogen) atoms. The second-order valence-electron chi connectivity index (χ2n) is 6.16. The Balaban J connectivity index is 1.83. The molecule has 3 rings (SSSR count). The summed E-state index contributed by atoms with van der Waals surface area (Å²) < 4.78 is 5.27. The van der Waals surface area contributed by atoms with Crippen LogP contribution < -0.4 is 10.1 Å². The number of anilines is 1. The van der Waals surface area contributed by atoms with Gasteiger partial charge in [-0.2, -0.15) is 0 Å². The fourth-order valence-corrected chi connectivity index (χ4v) is 3.97. The SMILES string of the molecule is C=CCN1C(=O)C[C@H](C(=O)Nc2ccccc2OC)SC1=Nc1ccc(Cl)cc1. The topological polar surface area (TPSA) is 71.0 Å². The molecule has 1 aliphatic rings. The summed E-state index contributed by atoms with van der Waals surface area (Å²) in [5, 5.41) is 3.27. The molecule has 0 saturated carbocycles. The highest BCUT2D eigenvalue weighted by Gasteiger charge is 2.35. The van der Waals surface area contributed by atoms with Crippen LogP contribution in [-0.2, 0) is 9.59 Å². The first-order valence-corrected chi connectivity index (χ1v) is 10.1. The number of carbonyl (C=O) groups excluding carboxylic acids is 2. The van der Waals surface area contributed by atoms with Crippen molar-refractivity contribution in [1.29, 1.82) is 0 Å². The third kappa shape index (κ3) is 5.19. The molecule has 1 atom stereocenters. The predicted octanol–water partition coefficient (Wildman–Crippen LogP) is 4.49. The first kappa shape index (κ1) is 21.0. The predicted molar refractivity (Wildman–Crippen MR) is 118 cm³/mol. The van der Waals surface area contributed by atoms with Gasteiger partial charge in [0.05, 0.1) is 18.5 Å². The lowest BCUT2D eigenvalue weighted by Gasteiger charge is -2.31. The second kappa shape index (κ2) is 9.62. The number of methoxy groups -OCH3 is 1. The summed E-state index contributed by atoms with van der Waals surface area (Å²) in [6.07, 6.45) is 1.70. The van der Waals surface area contributed by atoms with Gasteiger partial charge >= 0.3 is 0 Å². The number of rotatable bonds is 6. The molecule has 1 saturated heterocycles. The van der Waals surface area contributed by atoms with Crippen molar-refractivity contribution in [3.8, 4) is 5.75 Å². The summed E-state index contributed by atoms with van der Waals surface area (Å²) in [7, 11) is 1.54. The number of amides is 2. The zero-order valence-electron chi connectivity index (χ0n) is 15.8. The number of carbonyl (C=O) groups is 2. The number of nitrogens with one attached hydrogen (secondary N) is 1. The molecule has 1 aliphatic heterocycles. The van der Waals surface area contributed by atoms with E-state index in [0.29, 0.717) is 33.9 Å². The fraction of sp³-hybridized carbons (Fsp3) is 0.190. The van der Waals surface area contributed by atoms with E-state index in [2.05, 4.69) is 16.9 Å². The molecule has 6 nitrogen and oxygen atoms in total. The van der Waals surface area contributed by atoms with Gasteiger partial charge in [0.25, 0.3) is 0 Å². The van der Waals surface area contributed by atoms with Crippen molar-refractivity contribution >= 4 is 51.7 Å². The van der Waals surface area contributed by atoms with Gasteiger partial charge in [-0.15, -0.1) is 6.58 Å². The number of aliphatic imine (C=N–C) groups is 1. The number of thioether (sulfide) groups is 1. The minimum Gasteiger partial charge on any atom is -0.495 e. The van der Waals surface area contributed by atoms with Gasteiger partial charge in [-0.1, -0.05) is 41.6 Å². The van der Waals surface area contributed by atoms with Gasteiger partial charge < -0.3 is 10.1 Å². The maximum absolute atomic E-state index is 12.8. The maximum atomic E-state index is 12.8. The highest BCUT2D eigenvalue weighted by atomic mass is 35.5. The van der Waals surface area contributed by atoms with Crippen LogP contribution in [0.4, 0.5) is 11.4 Å². The number of ether oxygens (including phenoxy) is 1. The first-order chi connectivity index (χ1) is 14.0. The zero-order chi connectivity index (χ0) is 20.8. The number of hydrogen-bond donors (Lipinski definition) is 1. The Morgan fingerprint density at radius 1 is 1.34 bits per heavy atom. The van der Waals surface area contributed by atoms with Crippen molar-refractivity contribution in [3.63, 3.8) is 0 Å². The van der Waals surface area contributed by atoms with Crippen LogP contribution in [0.3, 0.4) is 0 Å². The van der Waals surface area contributed by atoms with E-state index in [0.717, 1.165) is 0 Å². The van der Waals surface area contributed by atoms with Crippen molar-refractivity contribution < 1.29 is 14.3 Å². The van der Waals surface area contributed by atoms with Crippen molar-refractivity contribution in [1.82, 2.24) is 4.90 Å². The summed E-state index contributed by atoms with van der Waals surface area (Å²) in [6.45, 7) is 4.02. The number of nitrogens with zero attached hydrogens (tertiary/aromatic N) is 2. The Labute approximate surface area is 178 Å². The van der Waals surface area contributed by atoms with Crippen LogP contribution in [0.2, 0.25) is 5.02 Å². The maximum Gasteiger partial charge on any atom is 0.238 e. The molecule has 8 heteroatoms. The monoisotopic (exact) mass is 429 g/mol. The molecule has 0 aliphatic carbocycles. The highest BCUT2D eigenvalue weighted by molar-refractivity contribution is 8.15. The standard InChI is InChI=1S/C21H20ClN3O3S/c1-3-12-25-19(26)13-18(20(27)24-16-6-4-5-7-17(16)28-2)29-21(25)23-15-10-8-14(22)9-11-15/h3-11,18H,1,12-13H2,2H3,(H,24,27)/t18-/m1/s1. The molecule has 2 aromatic carbocycles. The van der Waals surface area contributed by atoms with Crippen molar-refractivity contribution in [2.45, 2.75) is 11.7 Å². The molecule has 150 valence electrons. The average Bonchev–Trinajstić information content (AvgIpc) is 2.72. The van der Waals surface area contributed by atoms with E-state index in [1.54, 1.807) is 48.5 Å². The van der Waals surface area contributed by atoms with E-state index in [1.807, 2.05) is 6.07 Å². The van der Waals surface area contributed by atoms with Gasteiger partial charge in [-0.05, 0) is 36.4 Å². The molecule has 0 aromatic heterocycles. The number of benzene rings is 2. The first-order valence-electron chi connectivity index (χ1n) is 8.88. The lowest BCUT2D eigenvalue weighted by atomic mass is 10.2. The van der Waals surface area contributed by atoms with E-state index < -0.39 is 5.25 Å². The van der Waals surface area contributed by atoms with E-state index >= 15 is 0 Å². The summed E-state index contributed by atoms with van der Waals surface area (Å²) >= 11 is 7.17. The quantitative estimate of drug-likeness (QED) is 0.686. The van der Waals surface area contributed by atoms with E-state index in [-0.39, 0.29) is 18.2 Å². The molecular formula is C21H20ClN3O3S. The van der Waals surface area contributed by atoms with Crippen LogP contribution >= 0.6 is 23.4 Å². The van der Waals surface area contributed by atoms with Crippen LogP contribution in [0.1, 0.15) is 6.42 Å². The minimum atomic E-state index is -0.612. The van der Waals surface area contributed by atoms with Gasteiger partial charge in [0.2, 0.25) is 11.8 Å². The van der Waals surface area contributed by atoms with Crippen molar-refractivity contribution in [2.24, 2.45) is 4.99 Å². The Bertz CT molecular complexity index is 946. The molecule has 0 radical (unpaired) electrons. The van der Waals surface area contributed by atoms with Crippen LogP contribution in [0, 0.1) is 0 Å². The summed E-state index contributed by atoms with van der Waals surface area (Å²) in [5.41, 5.74) is 1.20. The van der Waals surface area contributed by atoms with Gasteiger partial charge in [0, 0.05) is 18.0 Å². The lowest BCUT2D eigenvalue weighted by Crippen LogP contribution is -2.45. The molecule has 1 N–H and O–H groups in total. The minimum absolute atomic E-state index is 0.0686. The van der Waals surface area contributed by atoms with Crippen LogP contribution in [-0.4, -0.2) is 40.8 Å². The zero-order valence-corrected chi connectivity index (χ0v) is 17.4. The third-order valence-electron chi connectivity index (χ3n) is 4.16. The Morgan fingerprint density at radius 3 is 2.76 bits per heavy atom. The van der Waals surface area contributed by atoms with Crippen molar-refractivity contribution in [3.05, 3.63) is 66.2 Å². The Kier molecular flexibility index (Phi) is 6.95. The summed E-state index contributed by atoms with van der Waals surface area (Å²) in [6, 6.07) is 14.1. The molecule has 2 amide bonds. The second-order valence-corrected chi connectivity index (χ2v) is 7.77. The highest BCUT2D eigenvalue weighted by Crippen LogP contribution is 2.31. The lowest BCUT2D eigenvalue weighted by molar-refractivity contribution is -0.129. The average molecular weight is 430 g/mol. The van der Waals surface area contributed by atoms with Crippen molar-refractivity contribution in [2.75, 3.05) is 19.0 Å². The summed E-state index contributed by atoms with van der Waals surface area (Å²) in [4.78, 5) is 31.6. The largest absolute Gasteiger partial charge is 0.495 e. The van der Waals surface area contributed by atoms with Gasteiger partial charge in [0.1, 0.15) is 11.0 Å². The molecule has 2 aromatic rings. The number of halogens is 1. The van der Waals surface area contributed by atoms with Crippen LogP contribution in [0.15, 0.2) is 66.2 Å². The Hall–Kier alpha value is -2.77. The van der Waals surface area contributed by atoms with Crippen LogP contribution in [0.25, 0.3) is 0 Å². The van der Waals surface area contributed by atoms with E-state index in [4.69, 9.17) is 16.3 Å². The normalized spacial score (nSPS) is 17.9. The molecular weight excluding hydrogens is 410 g/mol. The number of hydrogen-bond acceptors (Lipinski definition) is 5. The van der Waals surface area contributed by atoms with E-state index in [1.165, 1.54) is 23.8 Å². The molecule has 1 fully saturated rings. The molecule has 0 spiro atoms. The number of para-hydroxylation sites is 2. The van der Waals surface area contributed by atoms with Gasteiger partial charge in [-0.25, -0.2) is 4.99 Å². The van der Waals surface area contributed by atoms with Gasteiger partial charge in [0.15, 0.2) is 5.17 Å². The number of amidine groups is 1. The third-order valence-corrected chi connectivity index (χ3v) is 5.60. The molecule has 0 unspecified atom stereocenters. The Morgan fingerprint density at radius 2 is 2.07 bits per heavy atom. The molecule has 0 bridgehead atoms. The smallest absolute Gasteiger partial charge is 0.238 e. The fourth-order valence-electron chi connectivity index (χ4n) is 2.74.